The van der Waals surface area contributed by atoms with Crippen LogP contribution in [0.5, 0.6) is 0 Å². The molecule has 0 amide bonds. The molecule has 0 aromatic heterocycles. The highest BCUT2D eigenvalue weighted by Crippen LogP contribution is 2.51. The van der Waals surface area contributed by atoms with Crippen molar-refractivity contribution < 1.29 is 0 Å². The van der Waals surface area contributed by atoms with Gasteiger partial charge in [0.2, 0.25) is 0 Å². The van der Waals surface area contributed by atoms with Crippen molar-refractivity contribution in [1.29, 1.82) is 21.0 Å². The molecule has 0 unspecified atom stereocenters. The first kappa shape index (κ1) is 17.3. The van der Waals surface area contributed by atoms with Gasteiger partial charge < -0.3 is 0 Å². The highest BCUT2D eigenvalue weighted by Gasteiger charge is 2.56. The minimum absolute atomic E-state index is 0.0913. The van der Waals surface area contributed by atoms with E-state index in [-0.39, 0.29) is 12.8 Å². The lowest BCUT2D eigenvalue weighted by Gasteiger charge is -2.35. The second-order valence-electron chi connectivity index (χ2n) is 6.17. The summed E-state index contributed by atoms with van der Waals surface area (Å²) in [6.45, 7) is 2.15. The van der Waals surface area contributed by atoms with E-state index < -0.39 is 10.8 Å². The number of allylic oxidation sites excluding steroid dienone is 2. The fraction of sp³-hybridized carbons (Fsp3) is 0.400. The summed E-state index contributed by atoms with van der Waals surface area (Å²) in [5.41, 5.74) is -0.203. The van der Waals surface area contributed by atoms with Gasteiger partial charge in [0.15, 0.2) is 10.8 Å². The summed E-state index contributed by atoms with van der Waals surface area (Å²) < 4.78 is 0. The van der Waals surface area contributed by atoms with Crippen molar-refractivity contribution in [3.05, 3.63) is 41.5 Å². The van der Waals surface area contributed by atoms with Crippen LogP contribution >= 0.6 is 0 Å². The zero-order valence-electron chi connectivity index (χ0n) is 13.7. The molecule has 0 atom stereocenters. The van der Waals surface area contributed by atoms with Crippen LogP contribution < -0.4 is 0 Å². The van der Waals surface area contributed by atoms with Gasteiger partial charge in [-0.25, -0.2) is 0 Å². The van der Waals surface area contributed by atoms with Crippen LogP contribution in [-0.4, -0.2) is 0 Å². The van der Waals surface area contributed by atoms with Crippen molar-refractivity contribution in [3.63, 3.8) is 0 Å². The van der Waals surface area contributed by atoms with Crippen LogP contribution in [0.15, 0.2) is 30.3 Å². The Balaban J connectivity index is 2.37. The van der Waals surface area contributed by atoms with Crippen molar-refractivity contribution in [2.75, 3.05) is 0 Å². The fourth-order valence-electron chi connectivity index (χ4n) is 3.05. The highest BCUT2D eigenvalue weighted by molar-refractivity contribution is 5.70. The molecule has 0 saturated carbocycles. The van der Waals surface area contributed by atoms with E-state index in [0.29, 0.717) is 0 Å². The number of hydrogen-bond acceptors (Lipinski definition) is 4. The van der Waals surface area contributed by atoms with Gasteiger partial charge in [0.05, 0.1) is 24.3 Å². The summed E-state index contributed by atoms with van der Waals surface area (Å²) in [6, 6.07) is 15.8. The van der Waals surface area contributed by atoms with E-state index in [2.05, 4.69) is 19.1 Å². The van der Waals surface area contributed by atoms with Crippen LogP contribution in [0.2, 0.25) is 0 Å². The molecule has 1 aliphatic carbocycles. The first-order valence-electron chi connectivity index (χ1n) is 8.03. The third kappa shape index (κ3) is 2.76. The van der Waals surface area contributed by atoms with Gasteiger partial charge in [0.25, 0.3) is 0 Å². The van der Waals surface area contributed by atoms with Crippen molar-refractivity contribution in [1.82, 2.24) is 0 Å². The van der Waals surface area contributed by atoms with E-state index in [1.165, 1.54) is 5.56 Å². The van der Waals surface area contributed by atoms with E-state index in [0.717, 1.165) is 30.4 Å². The molecule has 0 saturated heterocycles. The van der Waals surface area contributed by atoms with E-state index in [1.54, 1.807) is 0 Å². The van der Waals surface area contributed by atoms with Crippen LogP contribution in [0.3, 0.4) is 0 Å². The molecule has 0 N–H and O–H groups in total. The van der Waals surface area contributed by atoms with Crippen LogP contribution in [0.1, 0.15) is 43.7 Å². The second kappa shape index (κ2) is 7.00. The van der Waals surface area contributed by atoms with E-state index in [9.17, 15) is 21.0 Å². The van der Waals surface area contributed by atoms with Gasteiger partial charge in [-0.15, -0.1) is 0 Å². The Kier molecular flexibility index (Phi) is 5.04. The predicted octanol–water partition coefficient (Wildman–Crippen LogP) is 4.27. The Morgan fingerprint density at radius 3 is 2.00 bits per heavy atom. The summed E-state index contributed by atoms with van der Waals surface area (Å²) >= 11 is 0. The monoisotopic (exact) mass is 314 g/mol. The molecule has 4 nitrogen and oxygen atoms in total. The lowest BCUT2D eigenvalue weighted by atomic mass is 9.58. The number of aryl methyl sites for hydroxylation is 1. The standard InChI is InChI=1S/C20H18N4/c1-2-3-4-16-5-7-17(8-6-16)18-9-10-19(12-21,13-22)20(11-18,14-23)15-24/h5-9H,2-4,10-11H2,1H3. The van der Waals surface area contributed by atoms with Gasteiger partial charge >= 0.3 is 0 Å². The van der Waals surface area contributed by atoms with Gasteiger partial charge in [0, 0.05) is 12.8 Å². The van der Waals surface area contributed by atoms with E-state index >= 15 is 0 Å². The molecule has 0 spiro atoms. The van der Waals surface area contributed by atoms with E-state index in [1.807, 2.05) is 42.5 Å². The lowest BCUT2D eigenvalue weighted by molar-refractivity contribution is 0.296. The highest BCUT2D eigenvalue weighted by atomic mass is 14.6. The normalized spacial score (nSPS) is 17.5. The molecule has 24 heavy (non-hydrogen) atoms. The average molecular weight is 314 g/mol. The molecule has 1 aromatic rings. The number of benzene rings is 1. The maximum atomic E-state index is 9.54. The maximum Gasteiger partial charge on any atom is 0.179 e. The number of unbranched alkanes of at least 4 members (excludes halogenated alkanes) is 1. The first-order valence-corrected chi connectivity index (χ1v) is 8.03. The molecular weight excluding hydrogens is 296 g/mol. The minimum atomic E-state index is -1.64. The van der Waals surface area contributed by atoms with Gasteiger partial charge in [-0.1, -0.05) is 43.7 Å². The van der Waals surface area contributed by atoms with Crippen molar-refractivity contribution in [3.8, 4) is 24.3 Å². The summed E-state index contributed by atoms with van der Waals surface area (Å²) in [4.78, 5) is 0. The van der Waals surface area contributed by atoms with Crippen LogP contribution in [0.25, 0.3) is 5.57 Å². The lowest BCUT2D eigenvalue weighted by Crippen LogP contribution is -2.40. The Hall–Kier alpha value is -3.08. The van der Waals surface area contributed by atoms with Gasteiger partial charge in [-0.3, -0.25) is 0 Å². The molecule has 2 rings (SSSR count). The molecule has 1 aromatic carbocycles. The number of hydrogen-bond donors (Lipinski definition) is 0. The zero-order chi connectivity index (χ0) is 17.6. The Bertz CT molecular complexity index is 776. The Morgan fingerprint density at radius 2 is 1.50 bits per heavy atom. The SMILES string of the molecule is CCCCc1ccc(C2=CCC(C#N)(C#N)C(C#N)(C#N)C2)cc1. The van der Waals surface area contributed by atoms with Gasteiger partial charge in [0.1, 0.15) is 0 Å². The molecule has 1 aliphatic rings. The average Bonchev–Trinajstić information content (AvgIpc) is 2.66. The first-order chi connectivity index (χ1) is 11.6. The molecule has 0 aliphatic heterocycles. The largest absolute Gasteiger partial charge is 0.196 e. The Morgan fingerprint density at radius 1 is 0.917 bits per heavy atom. The molecule has 4 heteroatoms. The molecule has 0 fully saturated rings. The van der Waals surface area contributed by atoms with Crippen LogP contribution in [-0.2, 0) is 6.42 Å². The Labute approximate surface area is 142 Å². The topological polar surface area (TPSA) is 95.2 Å². The summed E-state index contributed by atoms with van der Waals surface area (Å²) in [7, 11) is 0. The third-order valence-corrected chi connectivity index (χ3v) is 4.75. The van der Waals surface area contributed by atoms with Crippen LogP contribution in [0.4, 0.5) is 0 Å². The fourth-order valence-corrected chi connectivity index (χ4v) is 3.05. The zero-order valence-corrected chi connectivity index (χ0v) is 13.7. The smallest absolute Gasteiger partial charge is 0.179 e. The van der Waals surface area contributed by atoms with Crippen LogP contribution in [0, 0.1) is 56.2 Å². The summed E-state index contributed by atoms with van der Waals surface area (Å²) in [5, 5.41) is 37.9. The quantitative estimate of drug-likeness (QED) is 0.828. The maximum absolute atomic E-state index is 9.54. The molecule has 118 valence electrons. The number of nitriles is 4. The number of nitrogens with zero attached hydrogens (tertiary/aromatic N) is 4. The molecule has 0 bridgehead atoms. The third-order valence-electron chi connectivity index (χ3n) is 4.75. The van der Waals surface area contributed by atoms with Crippen molar-refractivity contribution in [2.45, 2.75) is 39.0 Å². The molecular formula is C20H18N4. The molecule has 0 radical (unpaired) electrons. The van der Waals surface area contributed by atoms with E-state index in [4.69, 9.17) is 0 Å². The molecule has 0 heterocycles. The van der Waals surface area contributed by atoms with Gasteiger partial charge in [-0.2, -0.15) is 21.0 Å². The predicted molar refractivity (Wildman–Crippen MR) is 89.6 cm³/mol. The number of rotatable bonds is 4. The van der Waals surface area contributed by atoms with Gasteiger partial charge in [-0.05, 0) is 29.5 Å². The summed E-state index contributed by atoms with van der Waals surface area (Å²) in [5.74, 6) is 0. The second-order valence-corrected chi connectivity index (χ2v) is 6.17. The van der Waals surface area contributed by atoms with Crippen molar-refractivity contribution in [2.24, 2.45) is 10.8 Å². The minimum Gasteiger partial charge on any atom is -0.196 e. The van der Waals surface area contributed by atoms with Crippen molar-refractivity contribution >= 4 is 5.57 Å². The summed E-state index contributed by atoms with van der Waals surface area (Å²) in [6.07, 6.45) is 5.32.